The van der Waals surface area contributed by atoms with Crippen molar-refractivity contribution >= 4 is 5.97 Å². The second-order valence-corrected chi connectivity index (χ2v) is 4.56. The van der Waals surface area contributed by atoms with Crippen LogP contribution in [0.25, 0.3) is 0 Å². The number of hydrogen-bond donors (Lipinski definition) is 0. The molecule has 0 unspecified atom stereocenters. The number of rotatable bonds is 9. The molecule has 0 amide bonds. The maximum atomic E-state index is 13.7. The predicted octanol–water partition coefficient (Wildman–Crippen LogP) is 1.85. The fourth-order valence-electron chi connectivity index (χ4n) is 1.91. The van der Waals surface area contributed by atoms with Gasteiger partial charge in [-0.3, -0.25) is 9.69 Å². The zero-order valence-electron chi connectivity index (χ0n) is 12.7. The van der Waals surface area contributed by atoms with Gasteiger partial charge < -0.3 is 14.2 Å². The molecule has 0 saturated heterocycles. The summed E-state index contributed by atoms with van der Waals surface area (Å²) in [5.74, 6) is -0.440. The van der Waals surface area contributed by atoms with E-state index < -0.39 is 5.82 Å². The van der Waals surface area contributed by atoms with E-state index in [1.165, 1.54) is 20.3 Å². The molecule has 1 rings (SSSR count). The molecule has 0 radical (unpaired) electrons. The number of carbonyl (C=O) groups excluding carboxylic acids is 1. The summed E-state index contributed by atoms with van der Waals surface area (Å²) in [6.45, 7) is 2.26. The fraction of sp³-hybridized carbons (Fsp3) is 0.533. The van der Waals surface area contributed by atoms with Crippen LogP contribution in [0, 0.1) is 5.82 Å². The molecule has 6 heteroatoms. The molecule has 0 N–H and O–H groups in total. The summed E-state index contributed by atoms with van der Waals surface area (Å²) in [4.78, 5) is 13.2. The van der Waals surface area contributed by atoms with Gasteiger partial charge in [0.25, 0.3) is 0 Å². The molecule has 118 valence electrons. The second kappa shape index (κ2) is 9.31. The Morgan fingerprint density at radius 1 is 1.24 bits per heavy atom. The zero-order valence-corrected chi connectivity index (χ0v) is 12.7. The quantitative estimate of drug-likeness (QED) is 0.651. The van der Waals surface area contributed by atoms with Crippen molar-refractivity contribution in [2.75, 3.05) is 41.0 Å². The Hall–Kier alpha value is -1.66. The monoisotopic (exact) mass is 299 g/mol. The van der Waals surface area contributed by atoms with Crippen molar-refractivity contribution in [2.24, 2.45) is 0 Å². The molecule has 0 heterocycles. The van der Waals surface area contributed by atoms with Gasteiger partial charge >= 0.3 is 5.97 Å². The third-order valence-corrected chi connectivity index (χ3v) is 3.09. The molecule has 0 saturated carbocycles. The van der Waals surface area contributed by atoms with Gasteiger partial charge in [0.1, 0.15) is 0 Å². The number of benzene rings is 1. The van der Waals surface area contributed by atoms with Gasteiger partial charge in [-0.05, 0) is 17.7 Å². The molecule has 0 aliphatic heterocycles. The van der Waals surface area contributed by atoms with E-state index in [4.69, 9.17) is 9.47 Å². The first-order valence-electron chi connectivity index (χ1n) is 6.71. The minimum Gasteiger partial charge on any atom is -0.494 e. The van der Waals surface area contributed by atoms with E-state index in [1.54, 1.807) is 19.2 Å². The van der Waals surface area contributed by atoms with Crippen molar-refractivity contribution in [3.8, 4) is 5.75 Å². The van der Waals surface area contributed by atoms with Crippen LogP contribution in [0.2, 0.25) is 0 Å². The molecule has 1 aromatic carbocycles. The number of ether oxygens (including phenoxy) is 3. The molecule has 0 atom stereocenters. The minimum absolute atomic E-state index is 0.219. The topological polar surface area (TPSA) is 48.0 Å². The Morgan fingerprint density at radius 3 is 2.57 bits per heavy atom. The SMILES string of the molecule is COCCN(CCC(=O)OC)Cc1ccc(OC)c(F)c1. The highest BCUT2D eigenvalue weighted by Crippen LogP contribution is 2.18. The van der Waals surface area contributed by atoms with E-state index in [2.05, 4.69) is 4.74 Å². The summed E-state index contributed by atoms with van der Waals surface area (Å²) in [6.07, 6.45) is 0.291. The van der Waals surface area contributed by atoms with Crippen LogP contribution in [0.5, 0.6) is 5.75 Å². The van der Waals surface area contributed by atoms with Gasteiger partial charge in [0.05, 0.1) is 27.2 Å². The highest BCUT2D eigenvalue weighted by atomic mass is 19.1. The molecule has 21 heavy (non-hydrogen) atoms. The van der Waals surface area contributed by atoms with Crippen LogP contribution in [0.4, 0.5) is 4.39 Å². The first kappa shape index (κ1) is 17.4. The average Bonchev–Trinajstić information content (AvgIpc) is 2.49. The molecular weight excluding hydrogens is 277 g/mol. The maximum Gasteiger partial charge on any atom is 0.306 e. The Labute approximate surface area is 124 Å². The van der Waals surface area contributed by atoms with Crippen LogP contribution >= 0.6 is 0 Å². The lowest BCUT2D eigenvalue weighted by Gasteiger charge is -2.21. The van der Waals surface area contributed by atoms with Crippen molar-refractivity contribution in [3.05, 3.63) is 29.6 Å². The minimum atomic E-state index is -0.394. The summed E-state index contributed by atoms with van der Waals surface area (Å²) in [5, 5.41) is 0. The van der Waals surface area contributed by atoms with Gasteiger partial charge in [-0.2, -0.15) is 0 Å². The third-order valence-electron chi connectivity index (χ3n) is 3.09. The Balaban J connectivity index is 2.66. The first-order valence-corrected chi connectivity index (χ1v) is 6.71. The molecule has 1 aromatic rings. The molecular formula is C15H22FNO4. The number of hydrogen-bond acceptors (Lipinski definition) is 5. The van der Waals surface area contributed by atoms with E-state index in [0.717, 1.165) is 5.56 Å². The number of methoxy groups -OCH3 is 3. The first-order chi connectivity index (χ1) is 10.1. The molecule has 0 aliphatic carbocycles. The standard InChI is InChI=1S/C15H22FNO4/c1-19-9-8-17(7-6-15(18)21-3)11-12-4-5-14(20-2)13(16)10-12/h4-5,10H,6-9,11H2,1-3H3. The average molecular weight is 299 g/mol. The van der Waals surface area contributed by atoms with E-state index >= 15 is 0 Å². The van der Waals surface area contributed by atoms with E-state index in [-0.39, 0.29) is 11.7 Å². The molecule has 0 bridgehead atoms. The second-order valence-electron chi connectivity index (χ2n) is 4.56. The zero-order chi connectivity index (χ0) is 15.7. The number of carbonyl (C=O) groups is 1. The van der Waals surface area contributed by atoms with Gasteiger partial charge in [0, 0.05) is 26.7 Å². The van der Waals surface area contributed by atoms with Crippen LogP contribution in [-0.2, 0) is 20.8 Å². The van der Waals surface area contributed by atoms with Gasteiger partial charge in [0.2, 0.25) is 0 Å². The smallest absolute Gasteiger partial charge is 0.306 e. The normalized spacial score (nSPS) is 10.7. The summed E-state index contributed by atoms with van der Waals surface area (Å²) in [6, 6.07) is 4.84. The number of esters is 1. The number of halogens is 1. The van der Waals surface area contributed by atoms with Gasteiger partial charge in [-0.25, -0.2) is 4.39 Å². The fourth-order valence-corrected chi connectivity index (χ4v) is 1.91. The van der Waals surface area contributed by atoms with Crippen LogP contribution in [0.15, 0.2) is 18.2 Å². The Bertz CT molecular complexity index is 453. The van der Waals surface area contributed by atoms with Crippen LogP contribution in [-0.4, -0.2) is 51.9 Å². The summed E-state index contributed by atoms with van der Waals surface area (Å²) in [5.41, 5.74) is 0.814. The molecule has 5 nitrogen and oxygen atoms in total. The Morgan fingerprint density at radius 2 is 2.00 bits per heavy atom. The summed E-state index contributed by atoms with van der Waals surface area (Å²) >= 11 is 0. The predicted molar refractivity (Wildman–Crippen MR) is 76.7 cm³/mol. The molecule has 0 aliphatic rings. The third kappa shape index (κ3) is 6.10. The lowest BCUT2D eigenvalue weighted by Crippen LogP contribution is -2.29. The largest absolute Gasteiger partial charge is 0.494 e. The lowest BCUT2D eigenvalue weighted by molar-refractivity contribution is -0.141. The summed E-state index contributed by atoms with van der Waals surface area (Å²) in [7, 11) is 4.41. The number of nitrogens with zero attached hydrogens (tertiary/aromatic N) is 1. The van der Waals surface area contributed by atoms with E-state index in [9.17, 15) is 9.18 Å². The molecule has 0 aromatic heterocycles. The van der Waals surface area contributed by atoms with Gasteiger partial charge in [-0.15, -0.1) is 0 Å². The van der Waals surface area contributed by atoms with Crippen molar-refractivity contribution in [2.45, 2.75) is 13.0 Å². The van der Waals surface area contributed by atoms with Gasteiger partial charge in [-0.1, -0.05) is 6.07 Å². The van der Waals surface area contributed by atoms with Crippen molar-refractivity contribution < 1.29 is 23.4 Å². The van der Waals surface area contributed by atoms with E-state index in [1.807, 2.05) is 4.90 Å². The molecule has 0 fully saturated rings. The van der Waals surface area contributed by atoms with Crippen LogP contribution in [0.1, 0.15) is 12.0 Å². The van der Waals surface area contributed by atoms with Crippen molar-refractivity contribution in [1.29, 1.82) is 0 Å². The highest BCUT2D eigenvalue weighted by Gasteiger charge is 2.11. The summed E-state index contributed by atoms with van der Waals surface area (Å²) < 4.78 is 28.3. The van der Waals surface area contributed by atoms with Crippen LogP contribution < -0.4 is 4.74 Å². The lowest BCUT2D eigenvalue weighted by atomic mass is 10.2. The maximum absolute atomic E-state index is 13.7. The van der Waals surface area contributed by atoms with E-state index in [0.29, 0.717) is 32.7 Å². The highest BCUT2D eigenvalue weighted by molar-refractivity contribution is 5.69. The van der Waals surface area contributed by atoms with Crippen molar-refractivity contribution in [3.63, 3.8) is 0 Å². The van der Waals surface area contributed by atoms with Crippen molar-refractivity contribution in [1.82, 2.24) is 4.90 Å². The Kier molecular flexibility index (Phi) is 7.71. The van der Waals surface area contributed by atoms with Gasteiger partial charge in [0.15, 0.2) is 11.6 Å². The van der Waals surface area contributed by atoms with Crippen LogP contribution in [0.3, 0.4) is 0 Å². The molecule has 0 spiro atoms.